The van der Waals surface area contributed by atoms with Gasteiger partial charge in [-0.25, -0.2) is 4.99 Å². The zero-order chi connectivity index (χ0) is 20.8. The highest BCUT2D eigenvalue weighted by molar-refractivity contribution is 14.1. The fourth-order valence-corrected chi connectivity index (χ4v) is 5.00. The van der Waals surface area contributed by atoms with Crippen molar-refractivity contribution < 1.29 is 14.7 Å². The Balaban J connectivity index is 1.41. The first-order chi connectivity index (χ1) is 14.5. The van der Waals surface area contributed by atoms with E-state index in [9.17, 15) is 14.7 Å². The van der Waals surface area contributed by atoms with Crippen molar-refractivity contribution in [3.63, 3.8) is 0 Å². The van der Waals surface area contributed by atoms with Gasteiger partial charge in [-0.2, -0.15) is 0 Å². The van der Waals surface area contributed by atoms with Gasteiger partial charge in [0.2, 0.25) is 5.91 Å². The van der Waals surface area contributed by atoms with Crippen LogP contribution in [-0.2, 0) is 11.3 Å². The molecule has 0 aliphatic carbocycles. The van der Waals surface area contributed by atoms with Crippen LogP contribution in [0.2, 0.25) is 0 Å². The van der Waals surface area contributed by atoms with Crippen LogP contribution in [0.5, 0.6) is 0 Å². The summed E-state index contributed by atoms with van der Waals surface area (Å²) in [4.78, 5) is 31.4. The number of aliphatic hydroxyl groups excluding tert-OH is 1. The lowest BCUT2D eigenvalue weighted by molar-refractivity contribution is -0.132. The van der Waals surface area contributed by atoms with E-state index in [4.69, 9.17) is 0 Å². The predicted octanol–water partition coefficient (Wildman–Crippen LogP) is 2.41. The maximum Gasteiger partial charge on any atom is 0.255 e. The quantitative estimate of drug-likeness (QED) is 0.469. The monoisotopic (exact) mass is 517 g/mol. The highest BCUT2D eigenvalue weighted by Crippen LogP contribution is 2.37. The molecule has 154 valence electrons. The Hall–Kier alpha value is -2.66. The van der Waals surface area contributed by atoms with E-state index in [0.717, 1.165) is 26.1 Å². The van der Waals surface area contributed by atoms with Crippen molar-refractivity contribution in [3.05, 3.63) is 56.7 Å². The van der Waals surface area contributed by atoms with E-state index in [-0.39, 0.29) is 18.0 Å². The summed E-state index contributed by atoms with van der Waals surface area (Å²) < 4.78 is 0.948. The summed E-state index contributed by atoms with van der Waals surface area (Å²) in [5.74, 6) is -0.444. The number of hydrogen-bond acceptors (Lipinski definition) is 6. The highest BCUT2D eigenvalue weighted by Gasteiger charge is 2.40. The summed E-state index contributed by atoms with van der Waals surface area (Å²) in [6, 6.07) is 11.1. The van der Waals surface area contributed by atoms with Crippen molar-refractivity contribution in [1.82, 2.24) is 10.2 Å². The minimum absolute atomic E-state index is 0.142. The minimum Gasteiger partial charge on any atom is -0.374 e. The number of fused-ring (bicyclic) bond motifs is 2. The second-order valence-corrected chi connectivity index (χ2v) is 8.64. The first-order valence-corrected chi connectivity index (χ1v) is 10.9. The summed E-state index contributed by atoms with van der Waals surface area (Å²) in [5, 5.41) is 18.8. The molecule has 0 radical (unpaired) electrons. The number of para-hydroxylation sites is 1. The van der Waals surface area contributed by atoms with Gasteiger partial charge in [-0.3, -0.25) is 9.59 Å². The van der Waals surface area contributed by atoms with Crippen LogP contribution in [0.3, 0.4) is 0 Å². The van der Waals surface area contributed by atoms with Crippen molar-refractivity contribution in [2.75, 3.05) is 10.6 Å². The first-order valence-electron chi connectivity index (χ1n) is 9.77. The van der Waals surface area contributed by atoms with Crippen LogP contribution >= 0.6 is 22.6 Å². The number of piperidine rings is 1. The van der Waals surface area contributed by atoms with Crippen LogP contribution in [0.4, 0.5) is 11.4 Å². The third kappa shape index (κ3) is 3.21. The molecule has 9 heteroatoms. The Kier molecular flexibility index (Phi) is 4.86. The van der Waals surface area contributed by atoms with E-state index in [1.54, 1.807) is 11.2 Å². The number of nitrogens with one attached hydrogen (secondary N) is 3. The molecule has 3 unspecified atom stereocenters. The van der Waals surface area contributed by atoms with Gasteiger partial charge < -0.3 is 26.0 Å². The van der Waals surface area contributed by atoms with E-state index >= 15 is 0 Å². The van der Waals surface area contributed by atoms with E-state index < -0.39 is 12.3 Å². The lowest BCUT2D eigenvalue weighted by atomic mass is 10.0. The third-order valence-electron chi connectivity index (χ3n) is 5.76. The second-order valence-electron chi connectivity index (χ2n) is 7.56. The summed E-state index contributed by atoms with van der Waals surface area (Å²) in [6.07, 6.45) is 1.51. The van der Waals surface area contributed by atoms with Gasteiger partial charge in [0.15, 0.2) is 0 Å². The zero-order valence-corrected chi connectivity index (χ0v) is 18.1. The number of aliphatic hydroxyl groups is 1. The minimum atomic E-state index is -0.835. The molecule has 2 aromatic rings. The van der Waals surface area contributed by atoms with Crippen LogP contribution in [0, 0.1) is 3.57 Å². The zero-order valence-electron chi connectivity index (χ0n) is 15.9. The fourth-order valence-electron chi connectivity index (χ4n) is 4.20. The van der Waals surface area contributed by atoms with Crippen molar-refractivity contribution in [3.8, 4) is 0 Å². The van der Waals surface area contributed by atoms with E-state index in [0.29, 0.717) is 24.9 Å². The lowest BCUT2D eigenvalue weighted by Gasteiger charge is -2.32. The molecule has 3 heterocycles. The Morgan fingerprint density at radius 1 is 1.17 bits per heavy atom. The molecule has 1 fully saturated rings. The van der Waals surface area contributed by atoms with Crippen LogP contribution in [0.15, 0.2) is 41.4 Å². The molecule has 0 spiro atoms. The number of aliphatic imine (C=N–C) groups is 1. The van der Waals surface area contributed by atoms with Gasteiger partial charge in [0.05, 0.1) is 6.34 Å². The standard InChI is InChI=1S/C21H20IN5O3/c22-18-13-9-27(16-7-8-17(28)26-20(16)29)21(30)11(13)5-6-15(18)25-19-12-3-1-2-4-14(12)23-10-24-19/h1-6,10,16-17,19,25,28H,7-9H2,(H,23,24)(H,26,29). The van der Waals surface area contributed by atoms with Crippen molar-refractivity contribution in [2.24, 2.45) is 4.99 Å². The van der Waals surface area contributed by atoms with Crippen LogP contribution < -0.4 is 16.0 Å². The molecule has 2 aromatic carbocycles. The predicted molar refractivity (Wildman–Crippen MR) is 121 cm³/mol. The van der Waals surface area contributed by atoms with Gasteiger partial charge >= 0.3 is 0 Å². The molecule has 0 aromatic heterocycles. The van der Waals surface area contributed by atoms with Gasteiger partial charge in [0.1, 0.15) is 18.4 Å². The van der Waals surface area contributed by atoms with Gasteiger partial charge in [-0.15, -0.1) is 0 Å². The molecule has 2 amide bonds. The number of rotatable bonds is 3. The first kappa shape index (κ1) is 19.3. The van der Waals surface area contributed by atoms with E-state index in [1.807, 2.05) is 36.4 Å². The Labute approximate surface area is 186 Å². The van der Waals surface area contributed by atoms with E-state index in [2.05, 4.69) is 43.5 Å². The van der Waals surface area contributed by atoms with Gasteiger partial charge in [-0.05, 0) is 59.2 Å². The lowest BCUT2D eigenvalue weighted by Crippen LogP contribution is -2.54. The van der Waals surface area contributed by atoms with Crippen molar-refractivity contribution >= 4 is 52.1 Å². The summed E-state index contributed by atoms with van der Waals surface area (Å²) in [7, 11) is 0. The van der Waals surface area contributed by atoms with Crippen molar-refractivity contribution in [2.45, 2.75) is 37.8 Å². The molecule has 30 heavy (non-hydrogen) atoms. The second kappa shape index (κ2) is 7.55. The molecule has 4 N–H and O–H groups in total. The summed E-state index contributed by atoms with van der Waals surface area (Å²) in [5.41, 5.74) is 4.49. The van der Waals surface area contributed by atoms with Gasteiger partial charge in [0.25, 0.3) is 5.91 Å². The average molecular weight is 517 g/mol. The third-order valence-corrected chi connectivity index (χ3v) is 6.99. The molecule has 3 aliphatic rings. The number of carbonyl (C=O) groups is 2. The Morgan fingerprint density at radius 3 is 2.83 bits per heavy atom. The number of carbonyl (C=O) groups excluding carboxylic acids is 2. The molecule has 0 bridgehead atoms. The number of amides is 2. The number of hydrogen-bond donors (Lipinski definition) is 4. The van der Waals surface area contributed by atoms with Crippen LogP contribution in [-0.4, -0.2) is 40.4 Å². The number of anilines is 2. The molecule has 3 aliphatic heterocycles. The topological polar surface area (TPSA) is 106 Å². The average Bonchev–Trinajstić information content (AvgIpc) is 3.07. The maximum atomic E-state index is 13.0. The maximum absolute atomic E-state index is 13.0. The normalized spacial score (nSPS) is 24.7. The molecular formula is C21H20IN5O3. The van der Waals surface area contributed by atoms with E-state index in [1.165, 1.54) is 0 Å². The largest absolute Gasteiger partial charge is 0.374 e. The fraction of sp³-hybridized carbons (Fsp3) is 0.286. The molecule has 5 rings (SSSR count). The number of nitrogens with zero attached hydrogens (tertiary/aromatic N) is 2. The van der Waals surface area contributed by atoms with Crippen LogP contribution in [0.25, 0.3) is 0 Å². The van der Waals surface area contributed by atoms with Gasteiger partial charge in [0, 0.05) is 32.6 Å². The summed E-state index contributed by atoms with van der Waals surface area (Å²) >= 11 is 2.25. The molecule has 3 atom stereocenters. The molecule has 0 saturated carbocycles. The smallest absolute Gasteiger partial charge is 0.255 e. The Morgan fingerprint density at radius 2 is 2.00 bits per heavy atom. The summed E-state index contributed by atoms with van der Waals surface area (Å²) in [6.45, 7) is 0.377. The molecule has 8 nitrogen and oxygen atoms in total. The number of benzene rings is 2. The highest BCUT2D eigenvalue weighted by atomic mass is 127. The molecule has 1 saturated heterocycles. The number of halogens is 1. The SMILES string of the molecule is O=C1NC(O)CCC1N1Cc2c(ccc(NC3N=CNc4ccccc43)c2I)C1=O. The van der Waals surface area contributed by atoms with Gasteiger partial charge in [-0.1, -0.05) is 18.2 Å². The van der Waals surface area contributed by atoms with Crippen LogP contribution in [0.1, 0.15) is 40.5 Å². The van der Waals surface area contributed by atoms with Crippen molar-refractivity contribution in [1.29, 1.82) is 0 Å². The molecular weight excluding hydrogens is 497 g/mol. The Bertz CT molecular complexity index is 1070.